The highest BCUT2D eigenvalue weighted by Crippen LogP contribution is 2.19. The Labute approximate surface area is 111 Å². The number of aromatic nitrogens is 1. The largest absolute Gasteiger partial charge is 0.342 e. The first-order valence-corrected chi connectivity index (χ1v) is 7.25. The maximum atomic E-state index is 12.2. The van der Waals surface area contributed by atoms with Crippen LogP contribution < -0.4 is 0 Å². The van der Waals surface area contributed by atoms with E-state index in [2.05, 4.69) is 11.9 Å². The molecule has 5 heteroatoms. The Kier molecular flexibility index (Phi) is 3.99. The molecule has 1 atom stereocenters. The smallest absolute Gasteiger partial charge is 0.227 e. The number of aryl methyl sites for hydroxylation is 1. The lowest BCUT2D eigenvalue weighted by atomic mass is 10.00. The number of carbonyl (C=O) groups is 1. The van der Waals surface area contributed by atoms with E-state index in [1.54, 1.807) is 0 Å². The fourth-order valence-electron chi connectivity index (χ4n) is 2.27. The van der Waals surface area contributed by atoms with Crippen molar-refractivity contribution in [2.24, 2.45) is 5.92 Å². The van der Waals surface area contributed by atoms with Gasteiger partial charge in [0.1, 0.15) is 0 Å². The van der Waals surface area contributed by atoms with Gasteiger partial charge >= 0.3 is 0 Å². The molecule has 1 aliphatic rings. The van der Waals surface area contributed by atoms with E-state index < -0.39 is 0 Å². The maximum absolute atomic E-state index is 12.2. The molecule has 1 N–H and O–H groups in total. The van der Waals surface area contributed by atoms with Gasteiger partial charge in [0, 0.05) is 23.7 Å². The summed E-state index contributed by atoms with van der Waals surface area (Å²) in [7, 11) is 0. The van der Waals surface area contributed by atoms with Crippen LogP contribution in [0.5, 0.6) is 0 Å². The van der Waals surface area contributed by atoms with Crippen LogP contribution in [0.1, 0.15) is 30.3 Å². The molecule has 1 aromatic heterocycles. The summed E-state index contributed by atoms with van der Waals surface area (Å²) in [5.41, 5.74) is 1.04. The molecule has 17 heavy (non-hydrogen) atoms. The molecule has 0 saturated carbocycles. The molecular weight excluding hydrogens is 252 g/mol. The van der Waals surface area contributed by atoms with Gasteiger partial charge in [-0.05, 0) is 37.9 Å². The standard InChI is InChI=1S/C12H18N2OS2/c1-8-4-3-5-14(7-8)11(15)6-10-9(2)13-12(16)17-10/h8H,3-7H2,1-2H3,(H,13,16)/t8-/m1/s1. The van der Waals surface area contributed by atoms with Gasteiger partial charge in [-0.3, -0.25) is 4.79 Å². The second kappa shape index (κ2) is 5.31. The van der Waals surface area contributed by atoms with Crippen molar-refractivity contribution >= 4 is 29.5 Å². The summed E-state index contributed by atoms with van der Waals surface area (Å²) < 4.78 is 0.761. The van der Waals surface area contributed by atoms with Gasteiger partial charge in [-0.1, -0.05) is 6.92 Å². The zero-order valence-electron chi connectivity index (χ0n) is 10.3. The van der Waals surface area contributed by atoms with Crippen LogP contribution in [0.3, 0.4) is 0 Å². The number of carbonyl (C=O) groups excluding carboxylic acids is 1. The molecule has 1 aliphatic heterocycles. The van der Waals surface area contributed by atoms with Crippen LogP contribution in [0, 0.1) is 16.8 Å². The second-order valence-corrected chi connectivity index (χ2v) is 6.60. The molecule has 2 heterocycles. The molecule has 0 bridgehead atoms. The third-order valence-corrected chi connectivity index (χ3v) is 4.58. The lowest BCUT2D eigenvalue weighted by molar-refractivity contribution is -0.132. The highest BCUT2D eigenvalue weighted by atomic mass is 32.1. The average molecular weight is 270 g/mol. The molecule has 2 rings (SSSR count). The van der Waals surface area contributed by atoms with Crippen molar-refractivity contribution in [3.63, 3.8) is 0 Å². The molecule has 1 amide bonds. The van der Waals surface area contributed by atoms with Crippen LogP contribution >= 0.6 is 23.6 Å². The van der Waals surface area contributed by atoms with Gasteiger partial charge in [-0.15, -0.1) is 11.3 Å². The molecule has 0 unspecified atom stereocenters. The zero-order valence-corrected chi connectivity index (χ0v) is 11.9. The Balaban J connectivity index is 2.01. The number of H-pyrrole nitrogens is 1. The number of nitrogens with one attached hydrogen (secondary N) is 1. The van der Waals surface area contributed by atoms with Crippen LogP contribution in [0.4, 0.5) is 0 Å². The van der Waals surface area contributed by atoms with Crippen molar-refractivity contribution in [1.82, 2.24) is 9.88 Å². The van der Waals surface area contributed by atoms with Gasteiger partial charge in [0.2, 0.25) is 5.91 Å². The first-order valence-electron chi connectivity index (χ1n) is 6.02. The number of hydrogen-bond acceptors (Lipinski definition) is 3. The summed E-state index contributed by atoms with van der Waals surface area (Å²) in [6.07, 6.45) is 2.87. The van der Waals surface area contributed by atoms with E-state index >= 15 is 0 Å². The molecule has 1 aromatic rings. The second-order valence-electron chi connectivity index (χ2n) is 4.83. The number of nitrogens with zero attached hydrogens (tertiary/aromatic N) is 1. The molecule has 3 nitrogen and oxygen atoms in total. The lowest BCUT2D eigenvalue weighted by Crippen LogP contribution is -2.39. The van der Waals surface area contributed by atoms with Crippen molar-refractivity contribution in [3.05, 3.63) is 14.5 Å². The number of thiazole rings is 1. The topological polar surface area (TPSA) is 36.1 Å². The first kappa shape index (κ1) is 12.8. The minimum absolute atomic E-state index is 0.241. The zero-order chi connectivity index (χ0) is 12.4. The quantitative estimate of drug-likeness (QED) is 0.839. The van der Waals surface area contributed by atoms with Gasteiger partial charge in [0.25, 0.3) is 0 Å². The summed E-state index contributed by atoms with van der Waals surface area (Å²) in [6, 6.07) is 0. The third kappa shape index (κ3) is 3.16. The highest BCUT2D eigenvalue weighted by Gasteiger charge is 2.21. The Morgan fingerprint density at radius 2 is 2.41 bits per heavy atom. The van der Waals surface area contributed by atoms with Gasteiger partial charge in [0.15, 0.2) is 3.95 Å². The SMILES string of the molecule is Cc1[nH]c(=S)sc1CC(=O)N1CCC[C@@H](C)C1. The monoisotopic (exact) mass is 270 g/mol. The van der Waals surface area contributed by atoms with Crippen molar-refractivity contribution in [2.45, 2.75) is 33.1 Å². The summed E-state index contributed by atoms with van der Waals surface area (Å²) in [5.74, 6) is 0.878. The van der Waals surface area contributed by atoms with Gasteiger partial charge < -0.3 is 9.88 Å². The van der Waals surface area contributed by atoms with E-state index in [1.165, 1.54) is 17.8 Å². The number of aromatic amines is 1. The van der Waals surface area contributed by atoms with Crippen LogP contribution in [-0.4, -0.2) is 28.9 Å². The fraction of sp³-hybridized carbons (Fsp3) is 0.667. The normalized spacial score (nSPS) is 20.6. The molecule has 0 aromatic carbocycles. The third-order valence-electron chi connectivity index (χ3n) is 3.25. The van der Waals surface area contributed by atoms with Gasteiger partial charge in [0.05, 0.1) is 6.42 Å². The van der Waals surface area contributed by atoms with Crippen LogP contribution in [-0.2, 0) is 11.2 Å². The van der Waals surface area contributed by atoms with E-state index in [4.69, 9.17) is 12.2 Å². The van der Waals surface area contributed by atoms with Gasteiger partial charge in [-0.25, -0.2) is 0 Å². The average Bonchev–Trinajstić information content (AvgIpc) is 2.57. The molecule has 0 aliphatic carbocycles. The Bertz CT molecular complexity index is 463. The predicted molar refractivity (Wildman–Crippen MR) is 72.9 cm³/mol. The Hall–Kier alpha value is -0.680. The van der Waals surface area contributed by atoms with Crippen molar-refractivity contribution in [3.8, 4) is 0 Å². The number of piperidine rings is 1. The Morgan fingerprint density at radius 3 is 3.00 bits per heavy atom. The predicted octanol–water partition coefficient (Wildman–Crippen LogP) is 2.92. The van der Waals surface area contributed by atoms with E-state index in [1.807, 2.05) is 11.8 Å². The van der Waals surface area contributed by atoms with Crippen LogP contribution in [0.15, 0.2) is 0 Å². The molecule has 0 spiro atoms. The van der Waals surface area contributed by atoms with E-state index in [9.17, 15) is 4.79 Å². The lowest BCUT2D eigenvalue weighted by Gasteiger charge is -2.30. The highest BCUT2D eigenvalue weighted by molar-refractivity contribution is 7.73. The minimum atomic E-state index is 0.241. The summed E-state index contributed by atoms with van der Waals surface area (Å²) in [4.78, 5) is 18.3. The van der Waals surface area contributed by atoms with E-state index in [0.717, 1.165) is 34.0 Å². The first-order chi connectivity index (χ1) is 8.06. The molecule has 0 radical (unpaired) electrons. The van der Waals surface area contributed by atoms with Crippen LogP contribution in [0.2, 0.25) is 0 Å². The Morgan fingerprint density at radius 1 is 1.65 bits per heavy atom. The molecule has 1 fully saturated rings. The van der Waals surface area contributed by atoms with Crippen LogP contribution in [0.25, 0.3) is 0 Å². The fourth-order valence-corrected chi connectivity index (χ4v) is 3.55. The van der Waals surface area contributed by atoms with E-state index in [0.29, 0.717) is 12.3 Å². The summed E-state index contributed by atoms with van der Waals surface area (Å²) >= 11 is 6.61. The number of amides is 1. The molecule has 94 valence electrons. The maximum Gasteiger partial charge on any atom is 0.227 e. The van der Waals surface area contributed by atoms with Gasteiger partial charge in [-0.2, -0.15) is 0 Å². The minimum Gasteiger partial charge on any atom is -0.342 e. The number of hydrogen-bond donors (Lipinski definition) is 1. The summed E-state index contributed by atoms with van der Waals surface area (Å²) in [6.45, 7) is 6.02. The van der Waals surface area contributed by atoms with E-state index in [-0.39, 0.29) is 5.91 Å². The van der Waals surface area contributed by atoms with Crippen molar-refractivity contribution in [2.75, 3.05) is 13.1 Å². The summed E-state index contributed by atoms with van der Waals surface area (Å²) in [5, 5.41) is 0. The number of likely N-dealkylation sites (tertiary alicyclic amines) is 1. The molecular formula is C12H18N2OS2. The molecule has 1 saturated heterocycles. The number of rotatable bonds is 2. The van der Waals surface area contributed by atoms with Crippen molar-refractivity contribution < 1.29 is 4.79 Å². The van der Waals surface area contributed by atoms with Crippen molar-refractivity contribution in [1.29, 1.82) is 0 Å².